The summed E-state index contributed by atoms with van der Waals surface area (Å²) in [6, 6.07) is 7.47. The van der Waals surface area contributed by atoms with Crippen molar-refractivity contribution in [2.24, 2.45) is 11.3 Å². The highest BCUT2D eigenvalue weighted by atomic mass is 35.5. The van der Waals surface area contributed by atoms with Gasteiger partial charge in [-0.25, -0.2) is 8.78 Å². The Bertz CT molecular complexity index is 1020. The Kier molecular flexibility index (Phi) is 16.2. The summed E-state index contributed by atoms with van der Waals surface area (Å²) in [5.74, 6) is -0.246. The van der Waals surface area contributed by atoms with E-state index < -0.39 is 11.6 Å². The zero-order valence-corrected chi connectivity index (χ0v) is 25.2. The summed E-state index contributed by atoms with van der Waals surface area (Å²) in [7, 11) is 0. The van der Waals surface area contributed by atoms with Gasteiger partial charge in [0.1, 0.15) is 11.6 Å². The van der Waals surface area contributed by atoms with Gasteiger partial charge in [-0.1, -0.05) is 95.6 Å². The second-order valence-electron chi connectivity index (χ2n) is 11.4. The van der Waals surface area contributed by atoms with Crippen LogP contribution in [0.1, 0.15) is 83.8 Å². The predicted octanol–water partition coefficient (Wildman–Crippen LogP) is 8.10. The van der Waals surface area contributed by atoms with E-state index in [1.807, 2.05) is 6.92 Å². The molecule has 3 N–H and O–H groups in total. The molecule has 5 nitrogen and oxygen atoms in total. The highest BCUT2D eigenvalue weighted by molar-refractivity contribution is 6.31. The Morgan fingerprint density at radius 2 is 1.67 bits per heavy atom. The van der Waals surface area contributed by atoms with Crippen molar-refractivity contribution in [3.63, 3.8) is 0 Å². The number of carbonyl (C=O) groups is 2. The van der Waals surface area contributed by atoms with Crippen LogP contribution in [-0.4, -0.2) is 25.9 Å². The maximum absolute atomic E-state index is 14.0. The number of halogens is 4. The van der Waals surface area contributed by atoms with Crippen LogP contribution in [0.4, 0.5) is 14.5 Å². The second-order valence-corrected chi connectivity index (χ2v) is 12.2. The molecule has 0 heterocycles. The summed E-state index contributed by atoms with van der Waals surface area (Å²) in [4.78, 5) is 20.5. The minimum atomic E-state index is -0.571. The zero-order valence-electron chi connectivity index (χ0n) is 23.7. The molecule has 0 saturated heterocycles. The first-order valence-corrected chi connectivity index (χ1v) is 14.1. The quantitative estimate of drug-likeness (QED) is 0.184. The molecule has 39 heavy (non-hydrogen) atoms. The summed E-state index contributed by atoms with van der Waals surface area (Å²) in [6.45, 7) is 12.2. The van der Waals surface area contributed by atoms with Gasteiger partial charge in [-0.15, -0.1) is 0 Å². The maximum Gasteiger partial charge on any atom is 0.211 e. The molecule has 1 fully saturated rings. The Balaban J connectivity index is 0.000000415. The standard InChI is InChI=1S/C17H16Cl2F2N2O.C8H15NO.C5H12/c1-10(12-3-2-4-13(18)17(12)21)7-22-8-11-5-15(20)14(19)6-16(11)23-9-24;10-7-9-6-5-8-3-1-2-4-8;1-5(2,3)4/h2-6,9-10,22H,7-8H2,1H3,(H,23,24);7-8H,1-6H2,(H,9,10);1-4H3. The van der Waals surface area contributed by atoms with Crippen molar-refractivity contribution in [2.75, 3.05) is 18.4 Å². The maximum atomic E-state index is 14.0. The van der Waals surface area contributed by atoms with Crippen LogP contribution in [0.25, 0.3) is 0 Å². The van der Waals surface area contributed by atoms with Gasteiger partial charge in [0, 0.05) is 25.3 Å². The molecule has 0 radical (unpaired) electrons. The van der Waals surface area contributed by atoms with Crippen LogP contribution in [0.5, 0.6) is 0 Å². The lowest BCUT2D eigenvalue weighted by Crippen LogP contribution is -2.21. The second kappa shape index (κ2) is 18.2. The highest BCUT2D eigenvalue weighted by Gasteiger charge is 2.15. The summed E-state index contributed by atoms with van der Waals surface area (Å²) < 4.78 is 27.6. The van der Waals surface area contributed by atoms with Crippen molar-refractivity contribution in [1.82, 2.24) is 10.6 Å². The Morgan fingerprint density at radius 3 is 2.26 bits per heavy atom. The number of carbonyl (C=O) groups excluding carboxylic acids is 2. The Morgan fingerprint density at radius 1 is 1.03 bits per heavy atom. The zero-order chi connectivity index (χ0) is 29.4. The van der Waals surface area contributed by atoms with E-state index in [2.05, 4.69) is 43.6 Å². The third kappa shape index (κ3) is 14.7. The lowest BCUT2D eigenvalue weighted by Gasteiger charge is -2.16. The van der Waals surface area contributed by atoms with Gasteiger partial charge in [0.25, 0.3) is 0 Å². The van der Waals surface area contributed by atoms with Crippen molar-refractivity contribution < 1.29 is 18.4 Å². The van der Waals surface area contributed by atoms with Crippen LogP contribution < -0.4 is 16.0 Å². The Hall–Kier alpha value is -2.22. The number of hydrogen-bond donors (Lipinski definition) is 3. The van der Waals surface area contributed by atoms with E-state index in [1.54, 1.807) is 12.1 Å². The summed E-state index contributed by atoms with van der Waals surface area (Å²) in [5.41, 5.74) is 1.97. The lowest BCUT2D eigenvalue weighted by atomic mass is 10.0. The van der Waals surface area contributed by atoms with Crippen LogP contribution in [0.2, 0.25) is 10.0 Å². The largest absolute Gasteiger partial charge is 0.359 e. The molecule has 9 heteroatoms. The SMILES string of the molecule is CC(C)(C)C.CC(CNCc1cc(F)c(Cl)cc1NC=O)c1cccc(Cl)c1F.O=CNCCC1CCCC1. The third-order valence-electron chi connectivity index (χ3n) is 5.89. The van der Waals surface area contributed by atoms with Crippen LogP contribution in [0.3, 0.4) is 0 Å². The molecular weight excluding hydrogens is 543 g/mol. The molecule has 0 aliphatic heterocycles. The van der Waals surface area contributed by atoms with E-state index in [-0.39, 0.29) is 22.5 Å². The van der Waals surface area contributed by atoms with Gasteiger partial charge in [0.2, 0.25) is 12.8 Å². The first-order chi connectivity index (χ1) is 18.4. The summed E-state index contributed by atoms with van der Waals surface area (Å²) in [6.07, 6.45) is 8.00. The van der Waals surface area contributed by atoms with E-state index in [0.29, 0.717) is 35.2 Å². The number of hydrogen-bond acceptors (Lipinski definition) is 3. The van der Waals surface area contributed by atoms with Gasteiger partial charge >= 0.3 is 0 Å². The van der Waals surface area contributed by atoms with Gasteiger partial charge in [-0.3, -0.25) is 9.59 Å². The highest BCUT2D eigenvalue weighted by Crippen LogP contribution is 2.27. The average molecular weight is 587 g/mol. The number of benzene rings is 2. The molecule has 1 aliphatic carbocycles. The molecule has 1 unspecified atom stereocenters. The molecule has 1 aliphatic rings. The fourth-order valence-electron chi connectivity index (χ4n) is 4.01. The summed E-state index contributed by atoms with van der Waals surface area (Å²) >= 11 is 11.5. The molecule has 1 atom stereocenters. The van der Waals surface area contributed by atoms with Crippen LogP contribution in [0, 0.1) is 23.0 Å². The van der Waals surface area contributed by atoms with Crippen LogP contribution in [-0.2, 0) is 16.1 Å². The molecular formula is C30H43Cl2F2N3O2. The minimum absolute atomic E-state index is 0.0718. The lowest BCUT2D eigenvalue weighted by molar-refractivity contribution is -0.109. The van der Waals surface area contributed by atoms with Gasteiger partial charge in [0.05, 0.1) is 10.0 Å². The van der Waals surface area contributed by atoms with Crippen LogP contribution in [0.15, 0.2) is 30.3 Å². The Labute approximate surface area is 242 Å². The van der Waals surface area contributed by atoms with E-state index in [0.717, 1.165) is 18.9 Å². The van der Waals surface area contributed by atoms with E-state index >= 15 is 0 Å². The first-order valence-electron chi connectivity index (χ1n) is 13.4. The van der Waals surface area contributed by atoms with E-state index in [9.17, 15) is 18.4 Å². The minimum Gasteiger partial charge on any atom is -0.359 e. The van der Waals surface area contributed by atoms with Crippen molar-refractivity contribution in [3.8, 4) is 0 Å². The normalized spacial score (nSPS) is 13.9. The smallest absolute Gasteiger partial charge is 0.211 e. The van der Waals surface area contributed by atoms with Crippen molar-refractivity contribution in [1.29, 1.82) is 0 Å². The van der Waals surface area contributed by atoms with E-state index in [4.69, 9.17) is 23.2 Å². The average Bonchev–Trinajstić information content (AvgIpc) is 3.37. The van der Waals surface area contributed by atoms with Gasteiger partial charge in [0.15, 0.2) is 0 Å². The summed E-state index contributed by atoms with van der Waals surface area (Å²) in [5, 5.41) is 8.30. The molecule has 2 aromatic carbocycles. The van der Waals surface area contributed by atoms with Crippen molar-refractivity contribution in [2.45, 2.75) is 79.2 Å². The first kappa shape index (κ1) is 34.8. The number of nitrogens with one attached hydrogen (secondary N) is 3. The van der Waals surface area contributed by atoms with Gasteiger partial charge in [-0.05, 0) is 53.0 Å². The van der Waals surface area contributed by atoms with Gasteiger partial charge in [-0.2, -0.15) is 0 Å². The molecule has 0 spiro atoms. The monoisotopic (exact) mass is 585 g/mol. The predicted molar refractivity (Wildman–Crippen MR) is 158 cm³/mol. The molecule has 218 valence electrons. The molecule has 0 aromatic heterocycles. The van der Waals surface area contributed by atoms with E-state index in [1.165, 1.54) is 50.3 Å². The van der Waals surface area contributed by atoms with Gasteiger partial charge < -0.3 is 16.0 Å². The number of rotatable bonds is 11. The molecule has 2 aromatic rings. The molecule has 0 bridgehead atoms. The molecule has 2 amide bonds. The number of amides is 2. The topological polar surface area (TPSA) is 70.2 Å². The molecule has 3 rings (SSSR count). The van der Waals surface area contributed by atoms with Crippen LogP contribution >= 0.6 is 23.2 Å². The fourth-order valence-corrected chi connectivity index (χ4v) is 4.36. The molecule has 1 saturated carbocycles. The fraction of sp³-hybridized carbons (Fsp3) is 0.533. The number of anilines is 1. The van der Waals surface area contributed by atoms with Crippen molar-refractivity contribution >= 4 is 41.7 Å². The third-order valence-corrected chi connectivity index (χ3v) is 6.48. The van der Waals surface area contributed by atoms with Crippen molar-refractivity contribution in [3.05, 3.63) is 63.1 Å².